The van der Waals surface area contributed by atoms with Crippen molar-refractivity contribution in [2.75, 3.05) is 6.61 Å². The Hall–Kier alpha value is -3.31. The van der Waals surface area contributed by atoms with Crippen LogP contribution in [0.15, 0.2) is 36.7 Å². The summed E-state index contributed by atoms with van der Waals surface area (Å²) in [6.45, 7) is 5.90. The lowest BCUT2D eigenvalue weighted by Gasteiger charge is -2.31. The molecule has 2 aromatic heterocycles. The minimum Gasteiger partial charge on any atom is -0.490 e. The van der Waals surface area contributed by atoms with E-state index in [1.165, 1.54) is 0 Å². The summed E-state index contributed by atoms with van der Waals surface area (Å²) in [6.07, 6.45) is 2.79. The molecule has 1 unspecified atom stereocenters. The zero-order valence-corrected chi connectivity index (χ0v) is 17.6. The molecule has 2 heterocycles. The van der Waals surface area contributed by atoms with Crippen LogP contribution in [0.25, 0.3) is 16.8 Å². The molecule has 0 aliphatic carbocycles. The van der Waals surface area contributed by atoms with E-state index in [2.05, 4.69) is 21.5 Å². The summed E-state index contributed by atoms with van der Waals surface area (Å²) in [5, 5.41) is 25.8. The highest BCUT2D eigenvalue weighted by atomic mass is 35.5. The van der Waals surface area contributed by atoms with Crippen LogP contribution in [-0.4, -0.2) is 37.9 Å². The number of imidazole rings is 1. The second-order valence-corrected chi connectivity index (χ2v) is 8.16. The van der Waals surface area contributed by atoms with E-state index in [1.54, 1.807) is 48.1 Å². The Bertz CT molecular complexity index is 1120. The summed E-state index contributed by atoms with van der Waals surface area (Å²) < 4.78 is 7.45. The van der Waals surface area contributed by atoms with Crippen LogP contribution < -0.4 is 10.1 Å². The van der Waals surface area contributed by atoms with E-state index in [-0.39, 0.29) is 12.5 Å². The Morgan fingerprint density at radius 2 is 2.20 bits per heavy atom. The first-order chi connectivity index (χ1) is 14.2. The molecule has 3 rings (SSSR count). The van der Waals surface area contributed by atoms with E-state index in [0.29, 0.717) is 28.5 Å². The molecule has 0 radical (unpaired) electrons. The van der Waals surface area contributed by atoms with E-state index in [9.17, 15) is 15.2 Å². The van der Waals surface area contributed by atoms with Gasteiger partial charge in [-0.3, -0.25) is 0 Å². The highest BCUT2D eigenvalue weighted by molar-refractivity contribution is 6.29. The van der Waals surface area contributed by atoms with Crippen molar-refractivity contribution >= 4 is 23.3 Å². The van der Waals surface area contributed by atoms with Crippen molar-refractivity contribution < 1.29 is 14.6 Å². The number of nitriles is 1. The normalized spacial score (nSPS) is 13.1. The first-order valence-electron chi connectivity index (χ1n) is 9.39. The summed E-state index contributed by atoms with van der Waals surface area (Å²) >= 11 is 6.11. The van der Waals surface area contributed by atoms with Crippen molar-refractivity contribution in [3.8, 4) is 22.9 Å². The Morgan fingerprint density at radius 3 is 2.87 bits per heavy atom. The van der Waals surface area contributed by atoms with Crippen molar-refractivity contribution in [2.45, 2.75) is 32.7 Å². The predicted octanol–water partition coefficient (Wildman–Crippen LogP) is 4.37. The number of carboxylic acid groups (broad SMARTS) is 1. The maximum absolute atomic E-state index is 11.2. The molecule has 1 aromatic carbocycles. The van der Waals surface area contributed by atoms with Gasteiger partial charge in [-0.1, -0.05) is 31.5 Å². The molecular weight excluding hydrogens is 406 g/mol. The molecule has 0 saturated carbocycles. The zero-order chi connectivity index (χ0) is 21.9. The third-order valence-electron chi connectivity index (χ3n) is 4.55. The first-order valence-corrected chi connectivity index (χ1v) is 9.77. The molecule has 0 saturated heterocycles. The highest BCUT2D eigenvalue weighted by Crippen LogP contribution is 2.30. The number of benzene rings is 1. The largest absolute Gasteiger partial charge is 0.490 e. The Morgan fingerprint density at radius 1 is 1.43 bits per heavy atom. The summed E-state index contributed by atoms with van der Waals surface area (Å²) in [5.41, 5.74) is 1.64. The number of rotatable bonds is 7. The minimum atomic E-state index is -1.11. The van der Waals surface area contributed by atoms with Crippen LogP contribution in [0.2, 0.25) is 5.15 Å². The van der Waals surface area contributed by atoms with E-state index >= 15 is 0 Å². The number of amides is 1. The van der Waals surface area contributed by atoms with Crippen LogP contribution in [0, 0.1) is 17.2 Å². The smallest absolute Gasteiger partial charge is 0.405 e. The fourth-order valence-electron chi connectivity index (χ4n) is 3.55. The number of ether oxygens (including phenoxy) is 1. The van der Waals surface area contributed by atoms with Gasteiger partial charge in [-0.05, 0) is 43.0 Å². The average molecular weight is 428 g/mol. The number of halogens is 1. The summed E-state index contributed by atoms with van der Waals surface area (Å²) in [4.78, 5) is 15.5. The van der Waals surface area contributed by atoms with Gasteiger partial charge in [0.25, 0.3) is 0 Å². The van der Waals surface area contributed by atoms with Crippen LogP contribution in [0.5, 0.6) is 5.75 Å². The Balaban J connectivity index is 1.90. The van der Waals surface area contributed by atoms with E-state index in [0.717, 1.165) is 11.1 Å². The molecule has 0 spiro atoms. The SMILES string of the molecule is CC(C)CC(C)(COc1ccc(-c2cc(Cl)nn3ccnc23)cc1C#N)NC(=O)O. The third-order valence-corrected chi connectivity index (χ3v) is 4.74. The van der Waals surface area contributed by atoms with Crippen molar-refractivity contribution in [2.24, 2.45) is 5.92 Å². The van der Waals surface area contributed by atoms with Crippen molar-refractivity contribution in [3.05, 3.63) is 47.4 Å². The fourth-order valence-corrected chi connectivity index (χ4v) is 3.74. The van der Waals surface area contributed by atoms with Crippen LogP contribution >= 0.6 is 11.6 Å². The molecular formula is C21H22ClN5O3. The monoisotopic (exact) mass is 427 g/mol. The molecule has 2 N–H and O–H groups in total. The highest BCUT2D eigenvalue weighted by Gasteiger charge is 2.29. The van der Waals surface area contributed by atoms with Crippen LogP contribution in [-0.2, 0) is 0 Å². The molecule has 0 bridgehead atoms. The standard InChI is InChI=1S/C21H22ClN5O3/c1-13(2)10-21(3,25-20(28)29)12-30-17-5-4-14(8-15(17)11-23)16-9-18(22)26-27-7-6-24-19(16)27/h4-9,13,25H,10,12H2,1-3H3,(H,28,29). The molecule has 1 atom stereocenters. The summed E-state index contributed by atoms with van der Waals surface area (Å²) in [5.74, 6) is 0.639. The molecule has 1 amide bonds. The third kappa shape index (κ3) is 4.81. The van der Waals surface area contributed by atoms with Crippen LogP contribution in [0.4, 0.5) is 4.79 Å². The van der Waals surface area contributed by atoms with E-state index < -0.39 is 11.6 Å². The second-order valence-electron chi connectivity index (χ2n) is 7.78. The summed E-state index contributed by atoms with van der Waals surface area (Å²) in [7, 11) is 0. The lowest BCUT2D eigenvalue weighted by Crippen LogP contribution is -2.50. The van der Waals surface area contributed by atoms with Crippen molar-refractivity contribution in [3.63, 3.8) is 0 Å². The van der Waals surface area contributed by atoms with Gasteiger partial charge >= 0.3 is 6.09 Å². The van der Waals surface area contributed by atoms with Crippen LogP contribution in [0.1, 0.15) is 32.8 Å². The zero-order valence-electron chi connectivity index (χ0n) is 16.9. The molecule has 0 aliphatic heterocycles. The van der Waals surface area contributed by atoms with Crippen molar-refractivity contribution in [1.29, 1.82) is 5.26 Å². The van der Waals surface area contributed by atoms with Crippen LogP contribution in [0.3, 0.4) is 0 Å². The van der Waals surface area contributed by atoms with Gasteiger partial charge in [0, 0.05) is 18.0 Å². The quantitative estimate of drug-likeness (QED) is 0.578. The molecule has 3 aromatic rings. The molecule has 0 aliphatic rings. The van der Waals surface area contributed by atoms with Gasteiger partial charge in [0.2, 0.25) is 0 Å². The number of fused-ring (bicyclic) bond motifs is 1. The average Bonchev–Trinajstić information content (AvgIpc) is 3.12. The van der Waals surface area contributed by atoms with E-state index in [1.807, 2.05) is 13.8 Å². The molecule has 30 heavy (non-hydrogen) atoms. The van der Waals surface area contributed by atoms with Gasteiger partial charge in [-0.2, -0.15) is 10.4 Å². The molecule has 156 valence electrons. The minimum absolute atomic E-state index is 0.0943. The number of nitrogens with one attached hydrogen (secondary N) is 1. The number of hydrogen-bond donors (Lipinski definition) is 2. The lowest BCUT2D eigenvalue weighted by atomic mass is 9.91. The van der Waals surface area contributed by atoms with Crippen molar-refractivity contribution in [1.82, 2.24) is 19.9 Å². The topological polar surface area (TPSA) is 113 Å². The molecule has 9 heteroatoms. The van der Waals surface area contributed by atoms with Gasteiger partial charge < -0.3 is 15.2 Å². The number of carbonyl (C=O) groups is 1. The molecule has 0 fully saturated rings. The predicted molar refractivity (Wildman–Crippen MR) is 113 cm³/mol. The van der Waals surface area contributed by atoms with E-state index in [4.69, 9.17) is 16.3 Å². The lowest BCUT2D eigenvalue weighted by molar-refractivity contribution is 0.143. The van der Waals surface area contributed by atoms with Gasteiger partial charge in [0.15, 0.2) is 10.8 Å². The maximum Gasteiger partial charge on any atom is 0.405 e. The maximum atomic E-state index is 11.2. The molecule has 8 nitrogen and oxygen atoms in total. The number of nitrogens with zero attached hydrogens (tertiary/aromatic N) is 4. The Labute approximate surface area is 179 Å². The fraction of sp³-hybridized carbons (Fsp3) is 0.333. The first kappa shape index (κ1) is 21.4. The van der Waals surface area contributed by atoms with Gasteiger partial charge in [-0.15, -0.1) is 0 Å². The van der Waals surface area contributed by atoms with Gasteiger partial charge in [0.05, 0.1) is 11.1 Å². The number of hydrogen-bond acceptors (Lipinski definition) is 5. The van der Waals surface area contributed by atoms with Gasteiger partial charge in [-0.25, -0.2) is 14.3 Å². The Kier molecular flexibility index (Phi) is 6.13. The second kappa shape index (κ2) is 8.59. The summed E-state index contributed by atoms with van der Waals surface area (Å²) in [6, 6.07) is 9.03. The van der Waals surface area contributed by atoms with Gasteiger partial charge in [0.1, 0.15) is 18.4 Å². The number of aromatic nitrogens is 3.